The average molecular weight is 369 g/mol. The van der Waals surface area contributed by atoms with Gasteiger partial charge in [-0.2, -0.15) is 13.2 Å². The lowest BCUT2D eigenvalue weighted by atomic mass is 9.88. The fourth-order valence-corrected chi connectivity index (χ4v) is 2.29. The van der Waals surface area contributed by atoms with Crippen molar-refractivity contribution in [2.75, 3.05) is 5.32 Å². The van der Waals surface area contributed by atoms with Gasteiger partial charge in [0.05, 0.1) is 10.6 Å². The molecular formula is C15H20ClF3N2O3. The van der Waals surface area contributed by atoms with Gasteiger partial charge in [0.2, 0.25) is 0 Å². The molecule has 0 fully saturated rings. The minimum absolute atomic E-state index is 0.0220. The summed E-state index contributed by atoms with van der Waals surface area (Å²) in [7, 11) is 0. The summed E-state index contributed by atoms with van der Waals surface area (Å²) in [6, 6.07) is 3.11. The molecule has 1 aromatic rings. The van der Waals surface area contributed by atoms with Gasteiger partial charge >= 0.3 is 12.3 Å². The van der Waals surface area contributed by atoms with E-state index in [1.165, 1.54) is 6.07 Å². The summed E-state index contributed by atoms with van der Waals surface area (Å²) in [5.41, 5.74) is 3.60. The highest BCUT2D eigenvalue weighted by Gasteiger charge is 2.34. The minimum Gasteiger partial charge on any atom is -0.442 e. The van der Waals surface area contributed by atoms with Gasteiger partial charge in [0.25, 0.3) is 0 Å². The number of aliphatic hydroxyl groups excluding tert-OH is 1. The number of anilines is 1. The van der Waals surface area contributed by atoms with Gasteiger partial charge in [-0.3, -0.25) is 0 Å². The van der Waals surface area contributed by atoms with E-state index in [1.807, 2.05) is 20.8 Å². The van der Waals surface area contributed by atoms with Crippen molar-refractivity contribution in [2.24, 2.45) is 11.1 Å². The van der Waals surface area contributed by atoms with E-state index in [9.17, 15) is 23.1 Å². The molecule has 0 radical (unpaired) electrons. The second-order valence-corrected chi connectivity index (χ2v) is 6.93. The number of benzene rings is 1. The molecular weight excluding hydrogens is 349 g/mol. The van der Waals surface area contributed by atoms with Crippen LogP contribution in [0.25, 0.3) is 0 Å². The molecule has 0 aliphatic carbocycles. The van der Waals surface area contributed by atoms with Crippen molar-refractivity contribution in [2.45, 2.75) is 45.7 Å². The first-order chi connectivity index (χ1) is 10.8. The van der Waals surface area contributed by atoms with E-state index >= 15 is 0 Å². The molecule has 0 saturated heterocycles. The van der Waals surface area contributed by atoms with Crippen molar-refractivity contribution in [3.05, 3.63) is 28.8 Å². The maximum Gasteiger partial charge on any atom is 0.417 e. The third-order valence-corrected chi connectivity index (χ3v) is 3.35. The van der Waals surface area contributed by atoms with Crippen LogP contribution in [0.4, 0.5) is 23.7 Å². The number of aliphatic hydroxyl groups is 1. The van der Waals surface area contributed by atoms with Crippen LogP contribution in [0.3, 0.4) is 0 Å². The Hall–Kier alpha value is -1.67. The molecule has 0 bridgehead atoms. The number of nitrogens with one attached hydrogen (secondary N) is 1. The van der Waals surface area contributed by atoms with Crippen molar-refractivity contribution in [3.8, 4) is 0 Å². The SMILES string of the molecule is CC(C)(C)CC(OC(N)=O)[C@@H](O)Nc1ccc(Cl)c(C(F)(F)F)c1. The van der Waals surface area contributed by atoms with Gasteiger partial charge in [-0.05, 0) is 30.0 Å². The van der Waals surface area contributed by atoms with Crippen molar-refractivity contribution < 1.29 is 27.8 Å². The monoisotopic (exact) mass is 368 g/mol. The number of rotatable bonds is 5. The van der Waals surface area contributed by atoms with Gasteiger partial charge < -0.3 is 20.9 Å². The molecule has 1 amide bonds. The Kier molecular flexibility index (Phi) is 6.35. The molecule has 0 aromatic heterocycles. The van der Waals surface area contributed by atoms with Gasteiger partial charge in [0.1, 0.15) is 6.10 Å². The highest BCUT2D eigenvalue weighted by Crippen LogP contribution is 2.36. The maximum atomic E-state index is 12.9. The van der Waals surface area contributed by atoms with Crippen molar-refractivity contribution >= 4 is 23.4 Å². The first-order valence-corrected chi connectivity index (χ1v) is 7.45. The Morgan fingerprint density at radius 2 is 1.96 bits per heavy atom. The molecule has 5 nitrogen and oxygen atoms in total. The predicted octanol–water partition coefficient (Wildman–Crippen LogP) is 3.99. The van der Waals surface area contributed by atoms with Crippen LogP contribution < -0.4 is 11.1 Å². The van der Waals surface area contributed by atoms with E-state index in [0.717, 1.165) is 12.1 Å². The Balaban J connectivity index is 2.98. The molecule has 0 aliphatic rings. The van der Waals surface area contributed by atoms with Crippen LogP contribution in [0.15, 0.2) is 18.2 Å². The molecule has 136 valence electrons. The largest absolute Gasteiger partial charge is 0.442 e. The number of carbonyl (C=O) groups excluding carboxylic acids is 1. The maximum absolute atomic E-state index is 12.9. The zero-order chi connectivity index (χ0) is 18.7. The van der Waals surface area contributed by atoms with Gasteiger partial charge in [-0.25, -0.2) is 4.79 Å². The molecule has 0 spiro atoms. The molecule has 9 heteroatoms. The first-order valence-electron chi connectivity index (χ1n) is 7.07. The highest BCUT2D eigenvalue weighted by atomic mass is 35.5. The van der Waals surface area contributed by atoms with Crippen LogP contribution in [0, 0.1) is 5.41 Å². The number of nitrogens with two attached hydrogens (primary N) is 1. The quantitative estimate of drug-likeness (QED) is 0.686. The van der Waals surface area contributed by atoms with Crippen LogP contribution in [0.5, 0.6) is 0 Å². The van der Waals surface area contributed by atoms with Crippen molar-refractivity contribution in [3.63, 3.8) is 0 Å². The number of hydrogen-bond donors (Lipinski definition) is 3. The van der Waals surface area contributed by atoms with Gasteiger partial charge in [0.15, 0.2) is 6.23 Å². The van der Waals surface area contributed by atoms with Gasteiger partial charge in [-0.1, -0.05) is 32.4 Å². The van der Waals surface area contributed by atoms with E-state index in [1.54, 1.807) is 0 Å². The normalized spacial score (nSPS) is 14.8. The molecule has 0 aliphatic heterocycles. The lowest BCUT2D eigenvalue weighted by Gasteiger charge is -2.29. The summed E-state index contributed by atoms with van der Waals surface area (Å²) in [6.45, 7) is 5.55. The average Bonchev–Trinajstić information content (AvgIpc) is 2.36. The van der Waals surface area contributed by atoms with Crippen LogP contribution in [0.2, 0.25) is 5.02 Å². The molecule has 1 unspecified atom stereocenters. The number of alkyl halides is 3. The fourth-order valence-electron chi connectivity index (χ4n) is 2.07. The number of carbonyl (C=O) groups is 1. The van der Waals surface area contributed by atoms with E-state index in [-0.39, 0.29) is 17.5 Å². The fraction of sp³-hybridized carbons (Fsp3) is 0.533. The smallest absolute Gasteiger partial charge is 0.417 e. The molecule has 1 aromatic carbocycles. The molecule has 24 heavy (non-hydrogen) atoms. The van der Waals surface area contributed by atoms with Crippen molar-refractivity contribution in [1.82, 2.24) is 0 Å². The summed E-state index contributed by atoms with van der Waals surface area (Å²) in [4.78, 5) is 11.0. The Labute approximate surface area is 142 Å². The first kappa shape index (κ1) is 20.4. The molecule has 0 heterocycles. The molecule has 4 N–H and O–H groups in total. The van der Waals surface area contributed by atoms with Crippen LogP contribution in [0.1, 0.15) is 32.8 Å². The van der Waals surface area contributed by atoms with Gasteiger partial charge in [-0.15, -0.1) is 0 Å². The zero-order valence-electron chi connectivity index (χ0n) is 13.4. The summed E-state index contributed by atoms with van der Waals surface area (Å²) in [6.07, 6.45) is -7.96. The van der Waals surface area contributed by atoms with Crippen LogP contribution >= 0.6 is 11.6 Å². The van der Waals surface area contributed by atoms with E-state index < -0.39 is 35.2 Å². The second kappa shape index (κ2) is 7.48. The number of halogens is 4. The van der Waals surface area contributed by atoms with Gasteiger partial charge in [0, 0.05) is 5.69 Å². The van der Waals surface area contributed by atoms with E-state index in [0.29, 0.717) is 0 Å². The summed E-state index contributed by atoms with van der Waals surface area (Å²) in [5, 5.41) is 12.2. The molecule has 0 saturated carbocycles. The number of ether oxygens (including phenoxy) is 1. The lowest BCUT2D eigenvalue weighted by molar-refractivity contribution is -0.137. The Morgan fingerprint density at radius 1 is 1.38 bits per heavy atom. The summed E-state index contributed by atoms with van der Waals surface area (Å²) < 4.78 is 43.4. The van der Waals surface area contributed by atoms with E-state index in [2.05, 4.69) is 5.32 Å². The summed E-state index contributed by atoms with van der Waals surface area (Å²) in [5.74, 6) is 0. The highest BCUT2D eigenvalue weighted by molar-refractivity contribution is 6.31. The third kappa shape index (κ3) is 6.45. The summed E-state index contributed by atoms with van der Waals surface area (Å²) >= 11 is 5.54. The van der Waals surface area contributed by atoms with Crippen LogP contribution in [-0.4, -0.2) is 23.5 Å². The van der Waals surface area contributed by atoms with Crippen molar-refractivity contribution in [1.29, 1.82) is 0 Å². The molecule has 1 rings (SSSR count). The Bertz CT molecular complexity index is 588. The number of hydrogen-bond acceptors (Lipinski definition) is 4. The van der Waals surface area contributed by atoms with E-state index in [4.69, 9.17) is 22.1 Å². The molecule has 2 atom stereocenters. The third-order valence-electron chi connectivity index (χ3n) is 3.02. The predicted molar refractivity (Wildman–Crippen MR) is 84.6 cm³/mol. The number of amides is 1. The standard InChI is InChI=1S/C15H20ClF3N2O3/c1-14(2,3)7-11(24-13(20)23)12(22)21-8-4-5-10(16)9(6-8)15(17,18)19/h4-6,11-12,21-22H,7H2,1-3H3,(H2,20,23)/t11?,12-/m1/s1. The zero-order valence-corrected chi connectivity index (χ0v) is 14.2. The minimum atomic E-state index is -4.63. The van der Waals surface area contributed by atoms with Crippen LogP contribution in [-0.2, 0) is 10.9 Å². The Morgan fingerprint density at radius 3 is 2.42 bits per heavy atom. The topological polar surface area (TPSA) is 84.6 Å². The number of primary amides is 1. The lowest BCUT2D eigenvalue weighted by Crippen LogP contribution is -2.40. The second-order valence-electron chi connectivity index (χ2n) is 6.52.